The van der Waals surface area contributed by atoms with Crippen molar-refractivity contribution in [3.63, 3.8) is 0 Å². The summed E-state index contributed by atoms with van der Waals surface area (Å²) in [7, 11) is 0. The second-order valence-electron chi connectivity index (χ2n) is 4.06. The second-order valence-corrected chi connectivity index (χ2v) is 4.06. The zero-order chi connectivity index (χ0) is 9.10. The third-order valence-corrected chi connectivity index (χ3v) is 2.78. The SMILES string of the molecule is N=C1CCCN1CCOCC1CC1. The van der Waals surface area contributed by atoms with Gasteiger partial charge in [0.2, 0.25) is 0 Å². The summed E-state index contributed by atoms with van der Waals surface area (Å²) in [5.74, 6) is 1.66. The summed E-state index contributed by atoms with van der Waals surface area (Å²) in [6, 6.07) is 0. The quantitative estimate of drug-likeness (QED) is 0.654. The molecule has 1 aliphatic carbocycles. The maximum absolute atomic E-state index is 7.61. The van der Waals surface area contributed by atoms with E-state index >= 15 is 0 Å². The van der Waals surface area contributed by atoms with Crippen LogP contribution < -0.4 is 0 Å². The monoisotopic (exact) mass is 182 g/mol. The van der Waals surface area contributed by atoms with Crippen molar-refractivity contribution in [3.05, 3.63) is 0 Å². The summed E-state index contributed by atoms with van der Waals surface area (Å²) in [5.41, 5.74) is 0. The first kappa shape index (κ1) is 9.00. The van der Waals surface area contributed by atoms with Gasteiger partial charge in [-0.05, 0) is 25.2 Å². The zero-order valence-electron chi connectivity index (χ0n) is 8.09. The molecule has 0 radical (unpaired) electrons. The highest BCUT2D eigenvalue weighted by atomic mass is 16.5. The molecular weight excluding hydrogens is 164 g/mol. The lowest BCUT2D eigenvalue weighted by Gasteiger charge is -2.17. The number of nitrogens with zero attached hydrogens (tertiary/aromatic N) is 1. The highest BCUT2D eigenvalue weighted by molar-refractivity contribution is 5.80. The van der Waals surface area contributed by atoms with Gasteiger partial charge in [-0.25, -0.2) is 0 Å². The number of nitrogens with one attached hydrogen (secondary N) is 1. The molecule has 3 heteroatoms. The maximum Gasteiger partial charge on any atom is 0.0959 e. The van der Waals surface area contributed by atoms with E-state index in [0.29, 0.717) is 0 Å². The predicted molar refractivity (Wildman–Crippen MR) is 52.1 cm³/mol. The fraction of sp³-hybridized carbons (Fsp3) is 0.900. The third-order valence-electron chi connectivity index (χ3n) is 2.78. The molecule has 74 valence electrons. The molecule has 0 unspecified atom stereocenters. The van der Waals surface area contributed by atoms with Crippen molar-refractivity contribution in [2.75, 3.05) is 26.3 Å². The van der Waals surface area contributed by atoms with E-state index in [-0.39, 0.29) is 0 Å². The minimum Gasteiger partial charge on any atom is -0.379 e. The maximum atomic E-state index is 7.61. The lowest BCUT2D eigenvalue weighted by molar-refractivity contribution is 0.113. The number of hydrogen-bond donors (Lipinski definition) is 1. The van der Waals surface area contributed by atoms with Gasteiger partial charge < -0.3 is 9.64 Å². The normalized spacial score (nSPS) is 22.8. The van der Waals surface area contributed by atoms with Crippen LogP contribution in [0.15, 0.2) is 0 Å². The van der Waals surface area contributed by atoms with Crippen LogP contribution in [-0.2, 0) is 4.74 Å². The molecule has 13 heavy (non-hydrogen) atoms. The smallest absolute Gasteiger partial charge is 0.0959 e. The first-order valence-electron chi connectivity index (χ1n) is 5.26. The van der Waals surface area contributed by atoms with Gasteiger partial charge in [-0.1, -0.05) is 0 Å². The molecule has 0 aromatic carbocycles. The first-order chi connectivity index (χ1) is 6.36. The van der Waals surface area contributed by atoms with Crippen LogP contribution in [0.5, 0.6) is 0 Å². The average Bonchev–Trinajstić information content (AvgIpc) is 2.86. The van der Waals surface area contributed by atoms with Crippen molar-refractivity contribution in [1.82, 2.24) is 4.90 Å². The molecule has 0 aromatic heterocycles. The molecule has 0 amide bonds. The van der Waals surface area contributed by atoms with Gasteiger partial charge in [-0.2, -0.15) is 0 Å². The van der Waals surface area contributed by atoms with Crippen LogP contribution in [0.25, 0.3) is 0 Å². The van der Waals surface area contributed by atoms with Crippen LogP contribution in [0.4, 0.5) is 0 Å². The van der Waals surface area contributed by atoms with Crippen molar-refractivity contribution in [1.29, 1.82) is 5.41 Å². The highest BCUT2D eigenvalue weighted by Gasteiger charge is 2.21. The van der Waals surface area contributed by atoms with E-state index in [2.05, 4.69) is 4.90 Å². The topological polar surface area (TPSA) is 36.3 Å². The van der Waals surface area contributed by atoms with Crippen LogP contribution in [0, 0.1) is 11.3 Å². The van der Waals surface area contributed by atoms with Gasteiger partial charge in [0.05, 0.1) is 12.4 Å². The van der Waals surface area contributed by atoms with Crippen molar-refractivity contribution >= 4 is 5.84 Å². The number of amidine groups is 1. The molecule has 1 heterocycles. The molecule has 1 N–H and O–H groups in total. The molecule has 2 aliphatic rings. The largest absolute Gasteiger partial charge is 0.379 e. The Morgan fingerprint density at radius 1 is 1.46 bits per heavy atom. The standard InChI is InChI=1S/C10H18N2O/c11-10-2-1-5-12(10)6-7-13-8-9-3-4-9/h9,11H,1-8H2. The molecule has 0 spiro atoms. The van der Waals surface area contributed by atoms with Gasteiger partial charge in [-0.15, -0.1) is 0 Å². The number of hydrogen-bond acceptors (Lipinski definition) is 2. The molecule has 2 rings (SSSR count). The van der Waals surface area contributed by atoms with E-state index in [0.717, 1.165) is 50.9 Å². The van der Waals surface area contributed by atoms with Gasteiger partial charge in [0.15, 0.2) is 0 Å². The summed E-state index contributed by atoms with van der Waals surface area (Å²) in [6.07, 6.45) is 4.84. The Morgan fingerprint density at radius 2 is 2.31 bits per heavy atom. The van der Waals surface area contributed by atoms with E-state index in [1.165, 1.54) is 12.8 Å². The zero-order valence-corrected chi connectivity index (χ0v) is 8.09. The van der Waals surface area contributed by atoms with Crippen molar-refractivity contribution in [2.24, 2.45) is 5.92 Å². The van der Waals surface area contributed by atoms with Gasteiger partial charge >= 0.3 is 0 Å². The van der Waals surface area contributed by atoms with E-state index in [1.54, 1.807) is 0 Å². The van der Waals surface area contributed by atoms with Crippen molar-refractivity contribution in [3.8, 4) is 0 Å². The lowest BCUT2D eigenvalue weighted by Crippen LogP contribution is -2.28. The van der Waals surface area contributed by atoms with E-state index in [4.69, 9.17) is 10.1 Å². The molecule has 0 atom stereocenters. The summed E-state index contributed by atoms with van der Waals surface area (Å²) >= 11 is 0. The molecular formula is C10H18N2O. The Kier molecular flexibility index (Phi) is 2.83. The van der Waals surface area contributed by atoms with Gasteiger partial charge in [0.25, 0.3) is 0 Å². The van der Waals surface area contributed by atoms with E-state index in [9.17, 15) is 0 Å². The van der Waals surface area contributed by atoms with Crippen LogP contribution in [0.3, 0.4) is 0 Å². The minimum absolute atomic E-state index is 0.801. The minimum atomic E-state index is 0.801. The molecule has 1 saturated carbocycles. The van der Waals surface area contributed by atoms with Gasteiger partial charge in [-0.3, -0.25) is 5.41 Å². The van der Waals surface area contributed by atoms with Gasteiger partial charge in [0, 0.05) is 26.1 Å². The Hall–Kier alpha value is -0.570. The van der Waals surface area contributed by atoms with Crippen LogP contribution in [0.2, 0.25) is 0 Å². The summed E-state index contributed by atoms with van der Waals surface area (Å²) < 4.78 is 5.53. The fourth-order valence-corrected chi connectivity index (χ4v) is 1.69. The summed E-state index contributed by atoms with van der Waals surface area (Å²) in [4.78, 5) is 2.13. The van der Waals surface area contributed by atoms with E-state index < -0.39 is 0 Å². The molecule has 1 saturated heterocycles. The van der Waals surface area contributed by atoms with Crippen molar-refractivity contribution < 1.29 is 4.74 Å². The lowest BCUT2D eigenvalue weighted by atomic mass is 10.4. The van der Waals surface area contributed by atoms with Crippen LogP contribution >= 0.6 is 0 Å². The third kappa shape index (κ3) is 2.69. The van der Waals surface area contributed by atoms with Crippen molar-refractivity contribution in [2.45, 2.75) is 25.7 Å². The van der Waals surface area contributed by atoms with Crippen LogP contribution in [-0.4, -0.2) is 37.0 Å². The molecule has 3 nitrogen and oxygen atoms in total. The van der Waals surface area contributed by atoms with Crippen LogP contribution in [0.1, 0.15) is 25.7 Å². The fourth-order valence-electron chi connectivity index (χ4n) is 1.69. The average molecular weight is 182 g/mol. The number of likely N-dealkylation sites (tertiary alicyclic amines) is 1. The Balaban J connectivity index is 1.53. The predicted octanol–water partition coefficient (Wildman–Crippen LogP) is 1.49. The Bertz CT molecular complexity index is 189. The molecule has 0 bridgehead atoms. The summed E-state index contributed by atoms with van der Waals surface area (Å²) in [6.45, 7) is 3.73. The second kappa shape index (κ2) is 4.09. The highest BCUT2D eigenvalue weighted by Crippen LogP contribution is 2.28. The molecule has 1 aliphatic heterocycles. The summed E-state index contributed by atoms with van der Waals surface area (Å²) in [5, 5.41) is 7.61. The Labute approximate surface area is 79.6 Å². The van der Waals surface area contributed by atoms with Gasteiger partial charge in [0.1, 0.15) is 0 Å². The first-order valence-corrected chi connectivity index (χ1v) is 5.26. The Morgan fingerprint density at radius 3 is 2.92 bits per heavy atom. The number of rotatable bonds is 5. The number of ether oxygens (including phenoxy) is 1. The van der Waals surface area contributed by atoms with E-state index in [1.807, 2.05) is 0 Å². The molecule has 2 fully saturated rings. The molecule has 0 aromatic rings.